The number of rotatable bonds is 8. The lowest BCUT2D eigenvalue weighted by molar-refractivity contribution is -0.192. The Hall–Kier alpha value is -3.60. The maximum Gasteiger partial charge on any atom is 0.490 e. The molecule has 4 aliphatic rings. The van der Waals surface area contributed by atoms with Crippen LogP contribution in [-0.2, 0) is 16.1 Å². The highest BCUT2D eigenvalue weighted by Crippen LogP contribution is 2.57. The highest BCUT2D eigenvalue weighted by molar-refractivity contribution is 5.94. The van der Waals surface area contributed by atoms with E-state index in [9.17, 15) is 18.0 Å². The minimum atomic E-state index is -5.08. The smallest absolute Gasteiger partial charge is 0.478 e. The summed E-state index contributed by atoms with van der Waals surface area (Å²) in [4.78, 5) is 24.8. The van der Waals surface area contributed by atoms with E-state index >= 15 is 0 Å². The fourth-order valence-electron chi connectivity index (χ4n) is 6.37. The second kappa shape index (κ2) is 12.7. The number of hydrogen-bond acceptors (Lipinski definition) is 4. The number of nitrogens with one attached hydrogen (secondary N) is 2. The van der Waals surface area contributed by atoms with Crippen LogP contribution in [0.5, 0.6) is 0 Å². The Kier molecular flexibility index (Phi) is 9.34. The largest absolute Gasteiger partial charge is 0.490 e. The van der Waals surface area contributed by atoms with Crippen LogP contribution in [-0.4, -0.2) is 53.0 Å². The molecule has 11 heteroatoms. The van der Waals surface area contributed by atoms with Crippen molar-refractivity contribution in [3.05, 3.63) is 65.7 Å². The van der Waals surface area contributed by atoms with Crippen LogP contribution in [0.3, 0.4) is 0 Å². The van der Waals surface area contributed by atoms with Gasteiger partial charge in [0, 0.05) is 12.2 Å². The summed E-state index contributed by atoms with van der Waals surface area (Å²) < 4.78 is 38.3. The molecule has 0 amide bonds. The summed E-state index contributed by atoms with van der Waals surface area (Å²) >= 11 is 0. The van der Waals surface area contributed by atoms with Crippen LogP contribution < -0.4 is 10.6 Å². The van der Waals surface area contributed by atoms with E-state index in [0.29, 0.717) is 25.7 Å². The van der Waals surface area contributed by atoms with Crippen LogP contribution in [0, 0.1) is 17.8 Å². The molecule has 6 rings (SSSR count). The van der Waals surface area contributed by atoms with Gasteiger partial charge in [-0.2, -0.15) is 13.2 Å². The van der Waals surface area contributed by atoms with E-state index in [2.05, 4.69) is 22.8 Å². The molecule has 4 aliphatic carbocycles. The third kappa shape index (κ3) is 8.20. The van der Waals surface area contributed by atoms with Gasteiger partial charge in [0.2, 0.25) is 0 Å². The van der Waals surface area contributed by atoms with Crippen molar-refractivity contribution in [2.24, 2.45) is 22.7 Å². The van der Waals surface area contributed by atoms with E-state index < -0.39 is 18.1 Å². The fraction of sp³-hybridized carbons (Fsp3) is 0.483. The maximum atomic E-state index is 11.1. The number of aliphatic carboxylic acids is 1. The van der Waals surface area contributed by atoms with Crippen molar-refractivity contribution in [2.75, 3.05) is 18.5 Å². The SMILES string of the molecule is O=C(O)C(F)(F)F.O=C(O)c1ccc(NC(=NCc2ccccc2)NCCOC23CC4CC(CC(C4)C2)C3)cc1. The summed E-state index contributed by atoms with van der Waals surface area (Å²) in [5.41, 5.74) is 2.30. The Morgan fingerprint density at radius 2 is 1.48 bits per heavy atom. The highest BCUT2D eigenvalue weighted by Gasteiger charge is 2.51. The molecule has 0 heterocycles. The molecular formula is C29H34F3N3O5. The quantitative estimate of drug-likeness (QED) is 0.189. The molecule has 2 aromatic rings. The van der Waals surface area contributed by atoms with Crippen LogP contribution in [0.1, 0.15) is 54.4 Å². The minimum Gasteiger partial charge on any atom is -0.478 e. The molecule has 40 heavy (non-hydrogen) atoms. The lowest BCUT2D eigenvalue weighted by Crippen LogP contribution is -2.52. The van der Waals surface area contributed by atoms with E-state index in [1.54, 1.807) is 24.3 Å². The van der Waals surface area contributed by atoms with Crippen molar-refractivity contribution < 1.29 is 37.7 Å². The number of carboxylic acids is 2. The van der Waals surface area contributed by atoms with Gasteiger partial charge in [0.25, 0.3) is 0 Å². The number of benzene rings is 2. The Balaban J connectivity index is 0.000000470. The van der Waals surface area contributed by atoms with Crippen LogP contribution in [0.25, 0.3) is 0 Å². The van der Waals surface area contributed by atoms with Crippen molar-refractivity contribution in [1.29, 1.82) is 0 Å². The molecule has 216 valence electrons. The second-order valence-electron chi connectivity index (χ2n) is 10.8. The standard InChI is InChI=1S/C27H33N3O3.C2HF3O2/c31-25(32)23-6-8-24(9-7-23)30-26(29-18-19-4-2-1-3-5-19)28-10-11-33-27-15-20-12-21(16-27)14-22(13-20)17-27;3-2(4,5)1(6)7/h1-9,20-22H,10-18H2,(H,31,32)(H2,28,29,30);(H,6,7). The number of alkyl halides is 3. The normalized spacial score (nSPS) is 25.1. The van der Waals surface area contributed by atoms with E-state index in [4.69, 9.17) is 24.7 Å². The number of carboxylic acid groups (broad SMARTS) is 2. The Morgan fingerprint density at radius 3 is 1.98 bits per heavy atom. The van der Waals surface area contributed by atoms with Gasteiger partial charge in [-0.3, -0.25) is 0 Å². The topological polar surface area (TPSA) is 120 Å². The van der Waals surface area contributed by atoms with Gasteiger partial charge in [0.1, 0.15) is 0 Å². The molecule has 4 N–H and O–H groups in total. The van der Waals surface area contributed by atoms with Gasteiger partial charge < -0.3 is 25.6 Å². The van der Waals surface area contributed by atoms with Crippen molar-refractivity contribution in [3.63, 3.8) is 0 Å². The molecule has 8 nitrogen and oxygen atoms in total. The Labute approximate surface area is 230 Å². The zero-order chi connectivity index (χ0) is 28.8. The molecule has 0 radical (unpaired) electrons. The zero-order valence-corrected chi connectivity index (χ0v) is 22.0. The number of guanidine groups is 1. The molecular weight excluding hydrogens is 527 g/mol. The third-order valence-electron chi connectivity index (χ3n) is 7.68. The predicted molar refractivity (Wildman–Crippen MR) is 143 cm³/mol. The van der Waals surface area contributed by atoms with E-state index in [-0.39, 0.29) is 11.2 Å². The highest BCUT2D eigenvalue weighted by atomic mass is 19.4. The van der Waals surface area contributed by atoms with Gasteiger partial charge in [-0.25, -0.2) is 14.6 Å². The van der Waals surface area contributed by atoms with Crippen molar-refractivity contribution >= 4 is 23.6 Å². The van der Waals surface area contributed by atoms with Gasteiger partial charge in [-0.05, 0) is 86.1 Å². The van der Waals surface area contributed by atoms with Crippen LogP contribution in [0.4, 0.5) is 18.9 Å². The first-order valence-corrected chi connectivity index (χ1v) is 13.4. The van der Waals surface area contributed by atoms with Gasteiger partial charge in [-0.1, -0.05) is 30.3 Å². The summed E-state index contributed by atoms with van der Waals surface area (Å²) in [5, 5.41) is 23.0. The van der Waals surface area contributed by atoms with Crippen molar-refractivity contribution in [3.8, 4) is 0 Å². The average molecular weight is 562 g/mol. The van der Waals surface area contributed by atoms with E-state index in [1.807, 2.05) is 18.2 Å². The van der Waals surface area contributed by atoms with E-state index in [1.165, 1.54) is 38.5 Å². The predicted octanol–water partition coefficient (Wildman–Crippen LogP) is 5.56. The first-order chi connectivity index (χ1) is 19.0. The fourth-order valence-corrected chi connectivity index (χ4v) is 6.37. The molecule has 0 spiro atoms. The lowest BCUT2D eigenvalue weighted by Gasteiger charge is -2.56. The van der Waals surface area contributed by atoms with Crippen LogP contribution in [0.2, 0.25) is 0 Å². The number of carbonyl (C=O) groups is 2. The summed E-state index contributed by atoms with van der Waals surface area (Å²) in [6.07, 6.45) is 2.89. The van der Waals surface area contributed by atoms with Crippen LogP contribution in [0.15, 0.2) is 59.6 Å². The average Bonchev–Trinajstić information content (AvgIpc) is 2.89. The molecule has 4 bridgehead atoms. The molecule has 2 aromatic carbocycles. The van der Waals surface area contributed by atoms with Crippen molar-refractivity contribution in [1.82, 2.24) is 5.32 Å². The Morgan fingerprint density at radius 1 is 0.925 bits per heavy atom. The third-order valence-corrected chi connectivity index (χ3v) is 7.68. The summed E-state index contributed by atoms with van der Waals surface area (Å²) in [6.45, 7) is 1.89. The van der Waals surface area contributed by atoms with E-state index in [0.717, 1.165) is 29.0 Å². The maximum absolute atomic E-state index is 11.1. The first-order valence-electron chi connectivity index (χ1n) is 13.4. The molecule has 0 atom stereocenters. The number of halogens is 3. The molecule has 0 aliphatic heterocycles. The molecule has 0 unspecified atom stereocenters. The summed E-state index contributed by atoms with van der Waals surface area (Å²) in [7, 11) is 0. The van der Waals surface area contributed by atoms with Crippen molar-refractivity contribution in [2.45, 2.75) is 56.8 Å². The number of nitrogens with zero attached hydrogens (tertiary/aromatic N) is 1. The summed E-state index contributed by atoms with van der Waals surface area (Å²) in [5.74, 6) is -0.393. The van der Waals surface area contributed by atoms with Gasteiger partial charge >= 0.3 is 18.1 Å². The monoisotopic (exact) mass is 561 g/mol. The molecule has 0 aromatic heterocycles. The number of ether oxygens (including phenoxy) is 1. The zero-order valence-electron chi connectivity index (χ0n) is 22.0. The number of aliphatic imine (C=N–C) groups is 1. The number of aromatic carboxylic acids is 1. The first kappa shape index (κ1) is 29.4. The van der Waals surface area contributed by atoms with Gasteiger partial charge in [0.05, 0.1) is 24.3 Å². The van der Waals surface area contributed by atoms with Gasteiger partial charge in [-0.15, -0.1) is 0 Å². The van der Waals surface area contributed by atoms with Crippen LogP contribution >= 0.6 is 0 Å². The lowest BCUT2D eigenvalue weighted by atomic mass is 9.54. The number of anilines is 1. The molecule has 4 fully saturated rings. The van der Waals surface area contributed by atoms with Gasteiger partial charge in [0.15, 0.2) is 5.96 Å². The number of hydrogen-bond donors (Lipinski definition) is 4. The minimum absolute atomic E-state index is 0.109. The Bertz CT molecular complexity index is 1150. The summed E-state index contributed by atoms with van der Waals surface area (Å²) in [6, 6.07) is 16.8. The molecule has 0 saturated heterocycles. The second-order valence-corrected chi connectivity index (χ2v) is 10.8. The molecule has 4 saturated carbocycles.